The number of benzene rings is 1. The fourth-order valence-corrected chi connectivity index (χ4v) is 2.07. The molecule has 3 nitrogen and oxygen atoms in total. The second-order valence-corrected chi connectivity index (χ2v) is 7.34. The van der Waals surface area contributed by atoms with Crippen LogP contribution in [0.4, 0.5) is 0 Å². The summed E-state index contributed by atoms with van der Waals surface area (Å²) in [4.78, 5) is 0. The van der Waals surface area contributed by atoms with Gasteiger partial charge in [-0.2, -0.15) is 0 Å². The average Bonchev–Trinajstić information content (AvgIpc) is 2.46. The molecule has 1 aromatic rings. The van der Waals surface area contributed by atoms with Gasteiger partial charge in [0.25, 0.3) is 0 Å². The lowest BCUT2D eigenvalue weighted by Gasteiger charge is -2.32. The summed E-state index contributed by atoms with van der Waals surface area (Å²) >= 11 is 0. The van der Waals surface area contributed by atoms with Gasteiger partial charge in [-0.05, 0) is 33.8 Å². The molecule has 0 spiro atoms. The van der Waals surface area contributed by atoms with E-state index in [1.807, 2.05) is 47.8 Å². The molecule has 1 aliphatic heterocycles. The summed E-state index contributed by atoms with van der Waals surface area (Å²) in [6, 6.07) is 7.92. The predicted octanol–water partition coefficient (Wildman–Crippen LogP) is -1.12. The third-order valence-corrected chi connectivity index (χ3v) is 3.84. The molecule has 0 bridgehead atoms. The predicted molar refractivity (Wildman–Crippen MR) is 91.1 cm³/mol. The van der Waals surface area contributed by atoms with Gasteiger partial charge in [-0.25, -0.2) is 0 Å². The van der Waals surface area contributed by atoms with E-state index in [-0.39, 0.29) is 16.5 Å². The fourth-order valence-electron chi connectivity index (χ4n) is 2.07. The van der Waals surface area contributed by atoms with E-state index in [2.05, 4.69) is 27.7 Å². The molecule has 0 amide bonds. The molecule has 0 radical (unpaired) electrons. The van der Waals surface area contributed by atoms with Gasteiger partial charge in [0.05, 0.1) is 11.2 Å². The van der Waals surface area contributed by atoms with Crippen molar-refractivity contribution in [3.8, 4) is 5.75 Å². The monoisotopic (exact) mass is 270 g/mol. The van der Waals surface area contributed by atoms with Crippen molar-refractivity contribution in [2.24, 2.45) is 0 Å². The zero-order valence-corrected chi connectivity index (χ0v) is 13.6. The van der Waals surface area contributed by atoms with Crippen LogP contribution >= 0.6 is 0 Å². The summed E-state index contributed by atoms with van der Waals surface area (Å²) in [6.45, 7) is 8.22. The Bertz CT molecular complexity index is 481. The van der Waals surface area contributed by atoms with E-state index in [9.17, 15) is 0 Å². The van der Waals surface area contributed by atoms with Crippen LogP contribution in [0.5, 0.6) is 5.75 Å². The summed E-state index contributed by atoms with van der Waals surface area (Å²) in [5, 5.41) is -0.250. The van der Waals surface area contributed by atoms with Crippen LogP contribution in [0.1, 0.15) is 27.7 Å². The minimum absolute atomic E-state index is 0.250. The number of hydrogen-bond donors (Lipinski definition) is 0. The van der Waals surface area contributed by atoms with Gasteiger partial charge in [0.1, 0.15) is 29.3 Å². The van der Waals surface area contributed by atoms with Crippen LogP contribution in [0, 0.1) is 0 Å². The number of para-hydroxylation sites is 1. The topological polar surface area (TPSA) is 27.7 Å². The summed E-state index contributed by atoms with van der Waals surface area (Å²) in [5.74, 6) is 0.818. The molecular weight excluding hydrogens is 247 g/mol. The van der Waals surface area contributed by atoms with Crippen LogP contribution in [0.15, 0.2) is 24.3 Å². The van der Waals surface area contributed by atoms with E-state index in [4.69, 9.17) is 14.0 Å². The fraction of sp³-hybridized carbons (Fsp3) is 0.538. The highest BCUT2D eigenvalue weighted by molar-refractivity contribution is 6.63. The average molecular weight is 270 g/mol. The zero-order chi connectivity index (χ0) is 15.2. The summed E-state index contributed by atoms with van der Waals surface area (Å²) in [7, 11) is 5.72. The molecule has 1 heterocycles. The smallest absolute Gasteiger partial charge is 0.498 e. The molecule has 7 heteroatoms. The largest absolute Gasteiger partial charge is 0.514 e. The molecule has 104 valence electrons. The van der Waals surface area contributed by atoms with Crippen LogP contribution in [0.3, 0.4) is 0 Å². The Morgan fingerprint density at radius 2 is 1.50 bits per heavy atom. The number of ether oxygens (including phenoxy) is 1. The second kappa shape index (κ2) is 4.88. The molecular formula is C13H22B4O3. The first kappa shape index (κ1) is 15.6. The number of hydrogen-bond acceptors (Lipinski definition) is 3. The lowest BCUT2D eigenvalue weighted by molar-refractivity contribution is 0.00578. The van der Waals surface area contributed by atoms with Crippen molar-refractivity contribution in [1.82, 2.24) is 0 Å². The van der Waals surface area contributed by atoms with Crippen LogP contribution in [-0.2, 0) is 9.31 Å². The van der Waals surface area contributed by atoms with Crippen LogP contribution < -0.4 is 10.2 Å². The molecule has 0 aliphatic carbocycles. The molecule has 1 aromatic carbocycles. The summed E-state index contributed by atoms with van der Waals surface area (Å²) in [5.41, 5.74) is 0.264. The first-order valence-electron chi connectivity index (χ1n) is 7.15. The van der Waals surface area contributed by atoms with Gasteiger partial charge in [0.2, 0.25) is 0 Å². The Morgan fingerprint density at radius 3 is 2.00 bits per heavy atom. The second-order valence-electron chi connectivity index (χ2n) is 7.34. The van der Waals surface area contributed by atoms with Crippen molar-refractivity contribution in [3.05, 3.63) is 24.3 Å². The maximum Gasteiger partial charge on any atom is 0.498 e. The highest BCUT2D eigenvalue weighted by Gasteiger charge is 2.52. The third-order valence-electron chi connectivity index (χ3n) is 3.84. The molecule has 1 saturated heterocycles. The van der Waals surface area contributed by atoms with Gasteiger partial charge in [-0.1, -0.05) is 18.2 Å². The van der Waals surface area contributed by atoms with Gasteiger partial charge >= 0.3 is 7.12 Å². The molecule has 0 unspecified atom stereocenters. The minimum atomic E-state index is -0.390. The maximum atomic E-state index is 6.10. The van der Waals surface area contributed by atoms with Crippen molar-refractivity contribution in [1.29, 1.82) is 0 Å². The Labute approximate surface area is 125 Å². The van der Waals surface area contributed by atoms with Crippen molar-refractivity contribution in [2.75, 3.05) is 0 Å². The Hall–Kier alpha value is -0.800. The zero-order valence-electron chi connectivity index (χ0n) is 13.6. The SMILES string of the molecule is BC(B)(B)Oc1ccccc1B1OC(C)(C)C(C)(C)O1. The van der Waals surface area contributed by atoms with E-state index < -0.39 is 7.12 Å². The van der Waals surface area contributed by atoms with E-state index in [1.165, 1.54) is 0 Å². The van der Waals surface area contributed by atoms with Gasteiger partial charge < -0.3 is 14.0 Å². The molecule has 0 atom stereocenters. The first-order chi connectivity index (χ1) is 9.02. The van der Waals surface area contributed by atoms with Crippen LogP contribution in [-0.4, -0.2) is 47.2 Å². The quantitative estimate of drug-likeness (QED) is 0.651. The molecule has 20 heavy (non-hydrogen) atoms. The summed E-state index contributed by atoms with van der Waals surface area (Å²) in [6.07, 6.45) is 0. The van der Waals surface area contributed by atoms with E-state index in [0.29, 0.717) is 0 Å². The van der Waals surface area contributed by atoms with Crippen molar-refractivity contribution < 1.29 is 14.0 Å². The maximum absolute atomic E-state index is 6.10. The Balaban J connectivity index is 2.31. The van der Waals surface area contributed by atoms with Crippen LogP contribution in [0.25, 0.3) is 0 Å². The minimum Gasteiger partial charge on any atom is -0.514 e. The highest BCUT2D eigenvalue weighted by atomic mass is 16.7. The standard InChI is InChI=1S/C13H22B4O3/c1-11(2)12(3,4)20-17(19-11)9-7-5-6-8-10(9)18-13(14,15)16/h5-8H,14-16H2,1-4H3. The number of rotatable bonds is 3. The van der Waals surface area contributed by atoms with Crippen LogP contribution in [0.2, 0.25) is 0 Å². The summed E-state index contributed by atoms with van der Waals surface area (Å²) < 4.78 is 18.2. The first-order valence-corrected chi connectivity index (χ1v) is 7.15. The molecule has 0 N–H and O–H groups in total. The highest BCUT2D eigenvalue weighted by Crippen LogP contribution is 2.37. The normalized spacial score (nSPS) is 20.9. The van der Waals surface area contributed by atoms with Crippen molar-refractivity contribution in [3.63, 3.8) is 0 Å². The lowest BCUT2D eigenvalue weighted by atomic mass is 9.52. The van der Waals surface area contributed by atoms with E-state index in [0.717, 1.165) is 11.2 Å². The lowest BCUT2D eigenvalue weighted by Crippen LogP contribution is -2.42. The van der Waals surface area contributed by atoms with Gasteiger partial charge in [0.15, 0.2) is 0 Å². The van der Waals surface area contributed by atoms with E-state index in [1.54, 1.807) is 0 Å². The van der Waals surface area contributed by atoms with Gasteiger partial charge in [-0.3, -0.25) is 0 Å². The molecule has 2 rings (SSSR count). The van der Waals surface area contributed by atoms with Crippen molar-refractivity contribution >= 4 is 36.1 Å². The third kappa shape index (κ3) is 3.09. The molecule has 0 aromatic heterocycles. The molecule has 1 fully saturated rings. The van der Waals surface area contributed by atoms with Crippen molar-refractivity contribution in [2.45, 2.75) is 44.2 Å². The van der Waals surface area contributed by atoms with Gasteiger partial charge in [0, 0.05) is 10.8 Å². The van der Waals surface area contributed by atoms with Gasteiger partial charge in [-0.15, -0.1) is 0 Å². The van der Waals surface area contributed by atoms with E-state index >= 15 is 0 Å². The molecule has 1 aliphatic rings. The Kier molecular flexibility index (Phi) is 3.81. The molecule has 0 saturated carbocycles. The Morgan fingerprint density at radius 1 is 1.00 bits per heavy atom.